The largest absolute Gasteiger partial charge is 0.482 e. The number of oxime groups is 1. The van der Waals surface area contributed by atoms with Gasteiger partial charge in [-0.25, -0.2) is 4.39 Å². The molecule has 3 aromatic rings. The average molecular weight is 492 g/mol. The van der Waals surface area contributed by atoms with Gasteiger partial charge in [0.25, 0.3) is 5.56 Å². The van der Waals surface area contributed by atoms with Crippen LogP contribution >= 0.6 is 0 Å². The maximum atomic E-state index is 14.9. The number of hydrogen-bond donors (Lipinski definition) is 0. The van der Waals surface area contributed by atoms with E-state index in [0.717, 1.165) is 11.9 Å². The van der Waals surface area contributed by atoms with E-state index in [4.69, 9.17) is 9.57 Å². The lowest BCUT2D eigenvalue weighted by Crippen LogP contribution is -2.26. The molecule has 0 N–H and O–H groups in total. The van der Waals surface area contributed by atoms with Gasteiger partial charge in [-0.3, -0.25) is 14.3 Å². The zero-order valence-electron chi connectivity index (χ0n) is 18.7. The molecule has 35 heavy (non-hydrogen) atoms. The molecule has 9 nitrogen and oxygen atoms in total. The molecule has 2 aliphatic heterocycles. The first kappa shape index (κ1) is 23.0. The molecule has 3 atom stereocenters. The first-order valence-corrected chi connectivity index (χ1v) is 10.8. The quantitative estimate of drug-likeness (QED) is 0.501. The number of fused-ring (bicyclic) bond motifs is 2. The number of nitrogens with zero attached hydrogens (tertiary/aromatic N) is 6. The van der Waals surface area contributed by atoms with Crippen LogP contribution in [0.15, 0.2) is 40.0 Å². The van der Waals surface area contributed by atoms with E-state index in [0.29, 0.717) is 23.3 Å². The Balaban J connectivity index is 1.49. The second-order valence-corrected chi connectivity index (χ2v) is 8.50. The monoisotopic (exact) mass is 492 g/mol. The van der Waals surface area contributed by atoms with Crippen LogP contribution in [0.1, 0.15) is 50.6 Å². The summed E-state index contributed by atoms with van der Waals surface area (Å²) in [5.41, 5.74) is 1.28. The zero-order chi connectivity index (χ0) is 24.9. The average Bonchev–Trinajstić information content (AvgIpc) is 3.44. The molecule has 0 fully saturated rings. The third kappa shape index (κ3) is 4.37. The summed E-state index contributed by atoms with van der Waals surface area (Å²) >= 11 is 0. The van der Waals surface area contributed by atoms with Crippen LogP contribution < -0.4 is 10.3 Å². The minimum atomic E-state index is -4.53. The van der Waals surface area contributed by atoms with Crippen molar-refractivity contribution in [2.24, 2.45) is 5.16 Å². The fourth-order valence-electron chi connectivity index (χ4n) is 4.16. The summed E-state index contributed by atoms with van der Waals surface area (Å²) < 4.78 is 60.0. The van der Waals surface area contributed by atoms with Crippen molar-refractivity contribution in [3.63, 3.8) is 0 Å². The zero-order valence-corrected chi connectivity index (χ0v) is 18.7. The van der Waals surface area contributed by atoms with Gasteiger partial charge in [0, 0.05) is 25.2 Å². The second kappa shape index (κ2) is 8.47. The molecule has 3 aromatic heterocycles. The van der Waals surface area contributed by atoms with Gasteiger partial charge < -0.3 is 14.1 Å². The summed E-state index contributed by atoms with van der Waals surface area (Å²) in [7, 11) is 0. The van der Waals surface area contributed by atoms with Crippen LogP contribution in [0.25, 0.3) is 17.1 Å². The lowest BCUT2D eigenvalue weighted by atomic mass is 9.98. The molecule has 0 amide bonds. The van der Waals surface area contributed by atoms with Crippen LogP contribution in [0.3, 0.4) is 0 Å². The molecule has 2 aliphatic rings. The van der Waals surface area contributed by atoms with Crippen LogP contribution in [0.2, 0.25) is 0 Å². The van der Waals surface area contributed by atoms with Crippen molar-refractivity contribution in [1.82, 2.24) is 24.3 Å². The third-order valence-corrected chi connectivity index (χ3v) is 5.91. The number of alkyl halides is 4. The van der Waals surface area contributed by atoms with Crippen LogP contribution in [-0.4, -0.2) is 48.9 Å². The SMILES string of the molecule is CC1=NOC(C2=Cn3c(nnc3C(C)n3ccc4ncc(OCC(F)(F)F)cc4c3=O)C(F)C2)C1. The Bertz CT molecular complexity index is 1410. The van der Waals surface area contributed by atoms with Gasteiger partial charge >= 0.3 is 6.18 Å². The molecule has 0 radical (unpaired) electrons. The van der Waals surface area contributed by atoms with Crippen LogP contribution in [0.4, 0.5) is 17.6 Å². The standard InChI is InChI=1S/C22H20F4N6O3/c1-11-5-18(35-30-11)13-6-16(23)20-29-28-19(32(20)9-13)12(2)31-4-3-17-15(21(31)33)7-14(8-27-17)34-10-22(24,25)26/h3-4,7-9,12,16,18H,5-6,10H2,1-2H3. The molecule has 5 heterocycles. The molecule has 184 valence electrons. The molecule has 3 unspecified atom stereocenters. The van der Waals surface area contributed by atoms with Gasteiger partial charge in [0.05, 0.1) is 28.9 Å². The minimum Gasteiger partial charge on any atom is -0.482 e. The predicted molar refractivity (Wildman–Crippen MR) is 117 cm³/mol. The van der Waals surface area contributed by atoms with Gasteiger partial charge in [-0.15, -0.1) is 10.2 Å². The van der Waals surface area contributed by atoms with Crippen LogP contribution in [0.5, 0.6) is 5.75 Å². The van der Waals surface area contributed by atoms with Crippen molar-refractivity contribution < 1.29 is 27.1 Å². The summed E-state index contributed by atoms with van der Waals surface area (Å²) in [5.74, 6) is 0.248. The van der Waals surface area contributed by atoms with Crippen molar-refractivity contribution in [2.75, 3.05) is 6.61 Å². The van der Waals surface area contributed by atoms with Gasteiger partial charge in [-0.05, 0) is 31.6 Å². The van der Waals surface area contributed by atoms with E-state index in [1.165, 1.54) is 21.4 Å². The Hall–Kier alpha value is -3.77. The first-order valence-electron chi connectivity index (χ1n) is 10.8. The number of aromatic nitrogens is 5. The molecule has 0 saturated heterocycles. The molecule has 5 rings (SSSR count). The summed E-state index contributed by atoms with van der Waals surface area (Å²) in [4.78, 5) is 22.7. The van der Waals surface area contributed by atoms with Gasteiger partial charge in [-0.1, -0.05) is 5.16 Å². The second-order valence-electron chi connectivity index (χ2n) is 8.50. The highest BCUT2D eigenvalue weighted by Gasteiger charge is 2.33. The molecular weight excluding hydrogens is 472 g/mol. The van der Waals surface area contributed by atoms with Gasteiger partial charge in [0.1, 0.15) is 5.75 Å². The fraction of sp³-hybridized carbons (Fsp3) is 0.409. The van der Waals surface area contributed by atoms with E-state index in [-0.39, 0.29) is 29.5 Å². The highest BCUT2D eigenvalue weighted by Crippen LogP contribution is 2.36. The molecular formula is C22H20F4N6O3. The fourth-order valence-corrected chi connectivity index (χ4v) is 4.16. The highest BCUT2D eigenvalue weighted by atomic mass is 19.4. The van der Waals surface area contributed by atoms with Crippen molar-refractivity contribution in [3.05, 3.63) is 52.1 Å². The Kier molecular flexibility index (Phi) is 5.56. The molecule has 0 spiro atoms. The third-order valence-electron chi connectivity index (χ3n) is 5.91. The Morgan fingerprint density at radius 1 is 1.29 bits per heavy atom. The van der Waals surface area contributed by atoms with E-state index in [2.05, 4.69) is 20.3 Å². The van der Waals surface area contributed by atoms with Gasteiger partial charge in [0.15, 0.2) is 30.5 Å². The molecule has 0 bridgehead atoms. The van der Waals surface area contributed by atoms with Crippen molar-refractivity contribution in [3.8, 4) is 5.75 Å². The van der Waals surface area contributed by atoms with Crippen LogP contribution in [0, 0.1) is 0 Å². The normalized spacial score (nSPS) is 20.7. The van der Waals surface area contributed by atoms with Gasteiger partial charge in [-0.2, -0.15) is 13.2 Å². The summed E-state index contributed by atoms with van der Waals surface area (Å²) in [6.45, 7) is 2.02. The maximum absolute atomic E-state index is 14.9. The number of halogens is 4. The summed E-state index contributed by atoms with van der Waals surface area (Å²) in [6, 6.07) is 2.09. The molecule has 13 heteroatoms. The first-order chi connectivity index (χ1) is 16.6. The van der Waals surface area contributed by atoms with E-state index in [1.807, 2.05) is 6.92 Å². The molecule has 0 aromatic carbocycles. The number of ether oxygens (including phenoxy) is 1. The summed E-state index contributed by atoms with van der Waals surface area (Å²) in [5, 5.41) is 12.1. The lowest BCUT2D eigenvalue weighted by molar-refractivity contribution is -0.153. The van der Waals surface area contributed by atoms with Crippen LogP contribution in [-0.2, 0) is 4.84 Å². The number of pyridine rings is 2. The number of hydrogen-bond acceptors (Lipinski definition) is 7. The van der Waals surface area contributed by atoms with Crippen molar-refractivity contribution >= 4 is 22.8 Å². The molecule has 0 aliphatic carbocycles. The smallest absolute Gasteiger partial charge is 0.422 e. The maximum Gasteiger partial charge on any atom is 0.422 e. The topological polar surface area (TPSA) is 96.4 Å². The van der Waals surface area contributed by atoms with E-state index in [9.17, 15) is 22.4 Å². The predicted octanol–water partition coefficient (Wildman–Crippen LogP) is 3.96. The Morgan fingerprint density at radius 2 is 2.09 bits per heavy atom. The number of rotatable bonds is 5. The van der Waals surface area contributed by atoms with Gasteiger partial charge in [0.2, 0.25) is 0 Å². The van der Waals surface area contributed by atoms with E-state index < -0.39 is 30.6 Å². The lowest BCUT2D eigenvalue weighted by Gasteiger charge is -2.23. The minimum absolute atomic E-state index is 0.0731. The Morgan fingerprint density at radius 3 is 2.80 bits per heavy atom. The molecule has 0 saturated carbocycles. The van der Waals surface area contributed by atoms with E-state index in [1.54, 1.807) is 19.2 Å². The highest BCUT2D eigenvalue weighted by molar-refractivity contribution is 5.83. The van der Waals surface area contributed by atoms with Crippen molar-refractivity contribution in [1.29, 1.82) is 0 Å². The summed E-state index contributed by atoms with van der Waals surface area (Å²) in [6.07, 6.45) is -1.32. The Labute approximate surface area is 195 Å². The van der Waals surface area contributed by atoms with E-state index >= 15 is 0 Å². The van der Waals surface area contributed by atoms with Crippen molar-refractivity contribution in [2.45, 2.75) is 51.2 Å².